The molecule has 7 nitrogen and oxygen atoms in total. The average Bonchev–Trinajstić information content (AvgIpc) is 3.46. The lowest BCUT2D eigenvalue weighted by Crippen LogP contribution is -2.45. The number of hydrogen-bond acceptors (Lipinski definition) is 5. The fourth-order valence-electron chi connectivity index (χ4n) is 4.80. The van der Waals surface area contributed by atoms with Crippen LogP contribution in [0.1, 0.15) is 63.5 Å². The van der Waals surface area contributed by atoms with E-state index >= 15 is 0 Å². The molecule has 2 aromatic carbocycles. The average molecular weight is 479 g/mol. The molecule has 0 bridgehead atoms. The number of likely N-dealkylation sites (tertiary alicyclic amines) is 1. The van der Waals surface area contributed by atoms with Gasteiger partial charge in [-0.2, -0.15) is 0 Å². The molecule has 1 saturated heterocycles. The normalized spacial score (nSPS) is 15.8. The van der Waals surface area contributed by atoms with Gasteiger partial charge in [-0.3, -0.25) is 4.79 Å². The van der Waals surface area contributed by atoms with Crippen molar-refractivity contribution in [1.82, 2.24) is 10.2 Å². The van der Waals surface area contributed by atoms with E-state index in [1.807, 2.05) is 24.3 Å². The molecule has 1 atom stereocenters. The first-order valence-corrected chi connectivity index (χ1v) is 12.3. The molecule has 35 heavy (non-hydrogen) atoms. The van der Waals surface area contributed by atoms with Gasteiger partial charge in [-0.1, -0.05) is 48.5 Å². The second kappa shape index (κ2) is 10.5. The largest absolute Gasteiger partial charge is 0.458 e. The van der Waals surface area contributed by atoms with E-state index in [1.54, 1.807) is 25.7 Å². The number of carbonyl (C=O) groups is 3. The maximum atomic E-state index is 12.8. The van der Waals surface area contributed by atoms with Crippen molar-refractivity contribution in [1.29, 1.82) is 0 Å². The quantitative estimate of drug-likeness (QED) is 0.586. The highest BCUT2D eigenvalue weighted by atomic mass is 16.6. The number of benzene rings is 2. The number of ether oxygens (including phenoxy) is 2. The van der Waals surface area contributed by atoms with Gasteiger partial charge in [0.25, 0.3) is 0 Å². The first-order chi connectivity index (χ1) is 16.7. The molecular weight excluding hydrogens is 444 g/mol. The second-order valence-electron chi connectivity index (χ2n) is 10.2. The van der Waals surface area contributed by atoms with Crippen molar-refractivity contribution >= 4 is 18.0 Å². The van der Waals surface area contributed by atoms with Gasteiger partial charge < -0.3 is 19.7 Å². The second-order valence-corrected chi connectivity index (χ2v) is 10.2. The van der Waals surface area contributed by atoms with Gasteiger partial charge in [0.2, 0.25) is 5.91 Å². The van der Waals surface area contributed by atoms with Gasteiger partial charge >= 0.3 is 12.1 Å². The number of hydrogen-bond donors (Lipinski definition) is 1. The van der Waals surface area contributed by atoms with E-state index in [4.69, 9.17) is 9.47 Å². The highest BCUT2D eigenvalue weighted by Gasteiger charge is 2.31. The van der Waals surface area contributed by atoms with E-state index in [0.717, 1.165) is 48.2 Å². The summed E-state index contributed by atoms with van der Waals surface area (Å²) in [5.74, 6) is -0.657. The van der Waals surface area contributed by atoms with Crippen LogP contribution in [0.3, 0.4) is 0 Å². The number of carbonyl (C=O) groups excluding carboxylic acids is 3. The third-order valence-electron chi connectivity index (χ3n) is 6.43. The summed E-state index contributed by atoms with van der Waals surface area (Å²) in [6.07, 6.45) is 1.62. The van der Waals surface area contributed by atoms with E-state index < -0.39 is 23.7 Å². The molecule has 4 rings (SSSR count). The molecule has 1 aliphatic carbocycles. The Hall–Kier alpha value is -3.35. The van der Waals surface area contributed by atoms with E-state index in [-0.39, 0.29) is 31.3 Å². The van der Waals surface area contributed by atoms with Crippen molar-refractivity contribution in [3.05, 3.63) is 59.7 Å². The molecule has 1 fully saturated rings. The summed E-state index contributed by atoms with van der Waals surface area (Å²) < 4.78 is 11.1. The van der Waals surface area contributed by atoms with Crippen LogP contribution in [0.5, 0.6) is 0 Å². The summed E-state index contributed by atoms with van der Waals surface area (Å²) in [4.78, 5) is 39.9. The molecule has 2 amide bonds. The summed E-state index contributed by atoms with van der Waals surface area (Å²) in [5, 5.41) is 2.65. The van der Waals surface area contributed by atoms with Crippen LogP contribution in [0, 0.1) is 0 Å². The molecule has 0 saturated carbocycles. The number of fused-ring (bicyclic) bond motifs is 3. The SMILES string of the molecule is CC(C)(C)OC(=O)[C@H](CCC(=O)N1CCCC1)NC(=O)OCC1c2ccccc2-c2ccccc21. The highest BCUT2D eigenvalue weighted by Crippen LogP contribution is 2.44. The molecule has 0 spiro atoms. The molecule has 1 N–H and O–H groups in total. The van der Waals surface area contributed by atoms with E-state index in [1.165, 1.54) is 0 Å². The van der Waals surface area contributed by atoms with Crippen LogP contribution in [0.15, 0.2) is 48.5 Å². The summed E-state index contributed by atoms with van der Waals surface area (Å²) in [6, 6.07) is 15.2. The molecule has 0 aromatic heterocycles. The molecular formula is C28H34N2O5. The summed E-state index contributed by atoms with van der Waals surface area (Å²) >= 11 is 0. The van der Waals surface area contributed by atoms with Gasteiger partial charge in [-0.25, -0.2) is 9.59 Å². The van der Waals surface area contributed by atoms with Crippen LogP contribution < -0.4 is 5.32 Å². The minimum Gasteiger partial charge on any atom is -0.458 e. The van der Waals surface area contributed by atoms with Crippen LogP contribution in [-0.4, -0.2) is 54.2 Å². The zero-order chi connectivity index (χ0) is 25.0. The Balaban J connectivity index is 1.40. The maximum absolute atomic E-state index is 12.8. The molecule has 2 aliphatic rings. The summed E-state index contributed by atoms with van der Waals surface area (Å²) in [7, 11) is 0. The van der Waals surface area contributed by atoms with Gasteiger partial charge in [-0.05, 0) is 62.3 Å². The van der Waals surface area contributed by atoms with Crippen LogP contribution in [0.2, 0.25) is 0 Å². The van der Waals surface area contributed by atoms with Crippen LogP contribution in [-0.2, 0) is 19.1 Å². The molecule has 0 unspecified atom stereocenters. The number of alkyl carbamates (subject to hydrolysis) is 1. The molecule has 1 aliphatic heterocycles. The van der Waals surface area contributed by atoms with Crippen molar-refractivity contribution in [2.45, 2.75) is 64.0 Å². The zero-order valence-electron chi connectivity index (χ0n) is 20.7. The van der Waals surface area contributed by atoms with Crippen LogP contribution in [0.4, 0.5) is 4.79 Å². The number of rotatable bonds is 7. The zero-order valence-corrected chi connectivity index (χ0v) is 20.7. The molecule has 1 heterocycles. The fraction of sp³-hybridized carbons (Fsp3) is 0.464. The fourth-order valence-corrected chi connectivity index (χ4v) is 4.80. The van der Waals surface area contributed by atoms with Crippen LogP contribution >= 0.6 is 0 Å². The third-order valence-corrected chi connectivity index (χ3v) is 6.43. The first kappa shape index (κ1) is 24.8. The Morgan fingerprint density at radius 3 is 2.11 bits per heavy atom. The van der Waals surface area contributed by atoms with Crippen LogP contribution in [0.25, 0.3) is 11.1 Å². The molecule has 0 radical (unpaired) electrons. The third kappa shape index (κ3) is 6.02. The van der Waals surface area contributed by atoms with E-state index in [2.05, 4.69) is 29.6 Å². The monoisotopic (exact) mass is 478 g/mol. The number of esters is 1. The standard InChI is InChI=1S/C28H34N2O5/c1-28(2,3)35-26(32)24(14-15-25(31)30-16-8-9-17-30)29-27(33)34-18-23-21-12-6-4-10-19(21)20-11-5-7-13-22(20)23/h4-7,10-13,23-24H,8-9,14-18H2,1-3H3,(H,29,33)/t24-/m0/s1. The topological polar surface area (TPSA) is 84.9 Å². The lowest BCUT2D eigenvalue weighted by atomic mass is 9.98. The van der Waals surface area contributed by atoms with Gasteiger partial charge in [0.15, 0.2) is 0 Å². The smallest absolute Gasteiger partial charge is 0.407 e. The first-order valence-electron chi connectivity index (χ1n) is 12.3. The van der Waals surface area contributed by atoms with Crippen molar-refractivity contribution in [3.8, 4) is 11.1 Å². The predicted molar refractivity (Wildman–Crippen MR) is 133 cm³/mol. The summed E-state index contributed by atoms with van der Waals surface area (Å²) in [5.41, 5.74) is 3.80. The predicted octanol–water partition coefficient (Wildman–Crippen LogP) is 4.64. The van der Waals surface area contributed by atoms with Gasteiger partial charge in [0, 0.05) is 25.4 Å². The Morgan fingerprint density at radius 1 is 0.971 bits per heavy atom. The molecule has 7 heteroatoms. The highest BCUT2D eigenvalue weighted by molar-refractivity contribution is 5.83. The number of nitrogens with zero attached hydrogens (tertiary/aromatic N) is 1. The van der Waals surface area contributed by atoms with E-state index in [0.29, 0.717) is 0 Å². The van der Waals surface area contributed by atoms with Gasteiger partial charge in [0.05, 0.1) is 0 Å². The van der Waals surface area contributed by atoms with Crippen molar-refractivity contribution in [2.75, 3.05) is 19.7 Å². The maximum Gasteiger partial charge on any atom is 0.407 e. The lowest BCUT2D eigenvalue weighted by molar-refractivity contribution is -0.157. The Kier molecular flexibility index (Phi) is 7.43. The van der Waals surface area contributed by atoms with Crippen molar-refractivity contribution < 1.29 is 23.9 Å². The Morgan fingerprint density at radius 2 is 1.54 bits per heavy atom. The number of nitrogens with one attached hydrogen (secondary N) is 1. The van der Waals surface area contributed by atoms with Gasteiger partial charge in [-0.15, -0.1) is 0 Å². The molecule has 2 aromatic rings. The minimum absolute atomic E-state index is 0.00889. The Bertz CT molecular complexity index is 1040. The summed E-state index contributed by atoms with van der Waals surface area (Å²) in [6.45, 7) is 6.94. The molecule has 186 valence electrons. The number of amides is 2. The Labute approximate surface area is 206 Å². The van der Waals surface area contributed by atoms with E-state index in [9.17, 15) is 14.4 Å². The van der Waals surface area contributed by atoms with Gasteiger partial charge in [0.1, 0.15) is 18.2 Å². The van der Waals surface area contributed by atoms with Crippen molar-refractivity contribution in [2.24, 2.45) is 0 Å². The van der Waals surface area contributed by atoms with Crippen molar-refractivity contribution in [3.63, 3.8) is 0 Å². The lowest BCUT2D eigenvalue weighted by Gasteiger charge is -2.25. The minimum atomic E-state index is -0.962.